The molecule has 2 rings (SSSR count). The van der Waals surface area contributed by atoms with Crippen LogP contribution in [-0.4, -0.2) is 31.2 Å². The molecule has 0 spiro atoms. The van der Waals surface area contributed by atoms with E-state index in [0.717, 1.165) is 12.8 Å². The van der Waals surface area contributed by atoms with Crippen molar-refractivity contribution in [3.05, 3.63) is 48.0 Å². The summed E-state index contributed by atoms with van der Waals surface area (Å²) >= 11 is 0. The van der Waals surface area contributed by atoms with Crippen molar-refractivity contribution in [3.63, 3.8) is 0 Å². The number of unbranched alkanes of at least 4 members (excludes halogenated alkanes) is 1. The first-order valence-electron chi connectivity index (χ1n) is 9.53. The second-order valence-corrected chi connectivity index (χ2v) is 7.06. The number of carbonyl (C=O) groups excluding carboxylic acids is 1. The van der Waals surface area contributed by atoms with Crippen LogP contribution in [0.15, 0.2) is 42.5 Å². The minimum Gasteiger partial charge on any atom is -0.490 e. The fourth-order valence-corrected chi connectivity index (χ4v) is 2.60. The molecule has 0 amide bonds. The van der Waals surface area contributed by atoms with E-state index in [9.17, 15) is 4.79 Å². The van der Waals surface area contributed by atoms with Crippen LogP contribution in [0.5, 0.6) is 11.5 Å². The summed E-state index contributed by atoms with van der Waals surface area (Å²) in [7, 11) is 0. The summed E-state index contributed by atoms with van der Waals surface area (Å²) in [5.74, 6) is 1.19. The molecule has 6 nitrogen and oxygen atoms in total. The number of hydrogen-bond acceptors (Lipinski definition) is 6. The topological polar surface area (TPSA) is 96.8 Å². The van der Waals surface area contributed by atoms with Gasteiger partial charge in [0.1, 0.15) is 30.3 Å². The van der Waals surface area contributed by atoms with E-state index < -0.39 is 5.60 Å². The van der Waals surface area contributed by atoms with Crippen LogP contribution < -0.4 is 20.9 Å². The molecule has 0 radical (unpaired) electrons. The molecule has 28 heavy (non-hydrogen) atoms. The number of anilines is 2. The number of rotatable bonds is 11. The molecule has 0 saturated carbocycles. The van der Waals surface area contributed by atoms with Gasteiger partial charge < -0.3 is 25.7 Å². The number of nitrogens with two attached hydrogens (primary N) is 2. The van der Waals surface area contributed by atoms with Gasteiger partial charge in [-0.05, 0) is 62.7 Å². The Morgan fingerprint density at radius 2 is 1.64 bits per heavy atom. The Bertz CT molecular complexity index is 773. The second-order valence-electron chi connectivity index (χ2n) is 7.06. The number of nitrogen functional groups attached to an aromatic ring is 2. The summed E-state index contributed by atoms with van der Waals surface area (Å²) in [4.78, 5) is 12.6. The normalized spacial score (nSPS) is 11.2. The Balaban J connectivity index is 1.82. The highest BCUT2D eigenvalue weighted by atomic mass is 16.5. The Morgan fingerprint density at radius 1 is 0.964 bits per heavy atom. The van der Waals surface area contributed by atoms with Crippen LogP contribution in [0.2, 0.25) is 0 Å². The molecule has 6 heteroatoms. The van der Waals surface area contributed by atoms with E-state index in [1.165, 1.54) is 0 Å². The number of carbonyl (C=O) groups is 1. The number of Topliss-reactive ketones (excluding diaryl/α,β-unsaturated/α-hetero) is 1. The highest BCUT2D eigenvalue weighted by molar-refractivity contribution is 6.02. The zero-order valence-corrected chi connectivity index (χ0v) is 16.9. The van der Waals surface area contributed by atoms with Gasteiger partial charge in [0.25, 0.3) is 0 Å². The molecule has 0 saturated heterocycles. The molecule has 0 fully saturated rings. The van der Waals surface area contributed by atoms with Crippen molar-refractivity contribution in [1.82, 2.24) is 0 Å². The van der Waals surface area contributed by atoms with Gasteiger partial charge in [0.15, 0.2) is 5.78 Å². The zero-order chi connectivity index (χ0) is 20.6. The molecule has 0 unspecified atom stereocenters. The molecule has 0 aliphatic carbocycles. The molecule has 0 bridgehead atoms. The molecule has 0 aromatic heterocycles. The molecule has 0 atom stereocenters. The Labute approximate surface area is 166 Å². The van der Waals surface area contributed by atoms with E-state index in [1.807, 2.05) is 0 Å². The number of ether oxygens (including phenoxy) is 3. The summed E-state index contributed by atoms with van der Waals surface area (Å²) in [6.45, 7) is 6.96. The minimum atomic E-state index is -0.843. The average Bonchev–Trinajstić information content (AvgIpc) is 2.66. The van der Waals surface area contributed by atoms with Gasteiger partial charge in [0.05, 0.1) is 5.69 Å². The molecular formula is C22H30N2O4. The zero-order valence-electron chi connectivity index (χ0n) is 16.9. The van der Waals surface area contributed by atoms with Gasteiger partial charge in [-0.2, -0.15) is 0 Å². The Kier molecular flexibility index (Phi) is 7.70. The van der Waals surface area contributed by atoms with Crippen LogP contribution in [-0.2, 0) is 4.74 Å². The SMILES string of the molecule is CCCCOC(C)(C)C(=O)c1ccc(OCCOc2ccc(N)cc2N)cc1. The van der Waals surface area contributed by atoms with Crippen molar-refractivity contribution in [2.45, 2.75) is 39.2 Å². The van der Waals surface area contributed by atoms with Crippen LogP contribution in [0.25, 0.3) is 0 Å². The maximum atomic E-state index is 12.6. The van der Waals surface area contributed by atoms with E-state index >= 15 is 0 Å². The van der Waals surface area contributed by atoms with Crippen LogP contribution in [0.3, 0.4) is 0 Å². The van der Waals surface area contributed by atoms with Crippen molar-refractivity contribution < 1.29 is 19.0 Å². The first-order chi connectivity index (χ1) is 13.3. The number of ketones is 1. The van der Waals surface area contributed by atoms with E-state index in [4.69, 9.17) is 25.7 Å². The first-order valence-corrected chi connectivity index (χ1v) is 9.53. The Hall–Kier alpha value is -2.73. The summed E-state index contributed by atoms with van der Waals surface area (Å²) < 4.78 is 17.0. The van der Waals surface area contributed by atoms with Gasteiger partial charge in [-0.25, -0.2) is 0 Å². The van der Waals surface area contributed by atoms with E-state index in [1.54, 1.807) is 56.3 Å². The molecule has 152 valence electrons. The number of benzene rings is 2. The van der Waals surface area contributed by atoms with Crippen LogP contribution in [0.1, 0.15) is 44.0 Å². The van der Waals surface area contributed by atoms with Crippen molar-refractivity contribution in [3.8, 4) is 11.5 Å². The van der Waals surface area contributed by atoms with E-state index in [0.29, 0.717) is 48.3 Å². The summed E-state index contributed by atoms with van der Waals surface area (Å²) in [5, 5.41) is 0. The molecule has 2 aromatic carbocycles. The van der Waals surface area contributed by atoms with Gasteiger partial charge >= 0.3 is 0 Å². The summed E-state index contributed by atoms with van der Waals surface area (Å²) in [6, 6.07) is 12.2. The maximum Gasteiger partial charge on any atom is 0.194 e. The van der Waals surface area contributed by atoms with Crippen LogP contribution >= 0.6 is 0 Å². The smallest absolute Gasteiger partial charge is 0.194 e. The van der Waals surface area contributed by atoms with Crippen LogP contribution in [0.4, 0.5) is 11.4 Å². The largest absolute Gasteiger partial charge is 0.490 e. The van der Waals surface area contributed by atoms with Gasteiger partial charge in [-0.15, -0.1) is 0 Å². The third-order valence-electron chi connectivity index (χ3n) is 4.27. The average molecular weight is 386 g/mol. The lowest BCUT2D eigenvalue weighted by atomic mass is 9.96. The lowest BCUT2D eigenvalue weighted by Gasteiger charge is -2.24. The third-order valence-corrected chi connectivity index (χ3v) is 4.27. The van der Waals surface area contributed by atoms with Gasteiger partial charge in [0, 0.05) is 17.9 Å². The second kappa shape index (κ2) is 9.99. The monoisotopic (exact) mass is 386 g/mol. The third kappa shape index (κ3) is 6.16. The first kappa shape index (κ1) is 21.6. The molecule has 4 N–H and O–H groups in total. The van der Waals surface area contributed by atoms with Gasteiger partial charge in [-0.3, -0.25) is 4.79 Å². The quantitative estimate of drug-likeness (QED) is 0.343. The predicted molar refractivity (Wildman–Crippen MR) is 112 cm³/mol. The van der Waals surface area contributed by atoms with Crippen LogP contribution in [0, 0.1) is 0 Å². The maximum absolute atomic E-state index is 12.6. The minimum absolute atomic E-state index is 0.0442. The molecule has 0 aliphatic heterocycles. The summed E-state index contributed by atoms with van der Waals surface area (Å²) in [5.41, 5.74) is 12.3. The highest BCUT2D eigenvalue weighted by Gasteiger charge is 2.29. The highest BCUT2D eigenvalue weighted by Crippen LogP contribution is 2.24. The molecule has 2 aromatic rings. The van der Waals surface area contributed by atoms with Gasteiger partial charge in [0.2, 0.25) is 0 Å². The van der Waals surface area contributed by atoms with E-state index in [-0.39, 0.29) is 5.78 Å². The molecule has 0 aliphatic rings. The van der Waals surface area contributed by atoms with Crippen molar-refractivity contribution in [1.29, 1.82) is 0 Å². The number of hydrogen-bond donors (Lipinski definition) is 2. The molecular weight excluding hydrogens is 356 g/mol. The fraction of sp³-hybridized carbons (Fsp3) is 0.409. The van der Waals surface area contributed by atoms with Crippen molar-refractivity contribution in [2.24, 2.45) is 0 Å². The predicted octanol–water partition coefficient (Wildman–Crippen LogP) is 4.09. The lowest BCUT2D eigenvalue weighted by molar-refractivity contribution is -0.00546. The lowest BCUT2D eigenvalue weighted by Crippen LogP contribution is -2.35. The summed E-state index contributed by atoms with van der Waals surface area (Å²) in [6.07, 6.45) is 1.97. The van der Waals surface area contributed by atoms with Crippen molar-refractivity contribution in [2.75, 3.05) is 31.3 Å². The fourth-order valence-electron chi connectivity index (χ4n) is 2.60. The Morgan fingerprint density at radius 3 is 2.29 bits per heavy atom. The van der Waals surface area contributed by atoms with Gasteiger partial charge in [-0.1, -0.05) is 13.3 Å². The molecule has 0 heterocycles. The van der Waals surface area contributed by atoms with Crippen molar-refractivity contribution >= 4 is 17.2 Å². The van der Waals surface area contributed by atoms with E-state index in [2.05, 4.69) is 6.92 Å². The standard InChI is InChI=1S/C22H30N2O4/c1-4-5-12-28-22(2,3)21(25)16-6-9-18(10-7-16)26-13-14-27-20-11-8-17(23)15-19(20)24/h6-11,15H,4-5,12-14,23-24H2,1-3H3.